The molecule has 1 fully saturated rings. The molecule has 0 radical (unpaired) electrons. The standard InChI is InChI=1S/C20H25Br3N6O/c1-11-24-17(10-18(25-11)29(2)3)26-13-4-6-14(7-5-13)27-20(30)28-19-15(22)8-12(21)9-16(19)23/h8-10,13-14H,4-7H2,1-3H3,(H,24,25,26)(H2,27,28,30). The smallest absolute Gasteiger partial charge is 0.319 e. The predicted octanol–water partition coefficient (Wildman–Crippen LogP) is 5.68. The van der Waals surface area contributed by atoms with Gasteiger partial charge in [0, 0.05) is 45.7 Å². The molecule has 2 aromatic rings. The summed E-state index contributed by atoms with van der Waals surface area (Å²) in [5, 5.41) is 9.54. The monoisotopic (exact) mass is 602 g/mol. The molecule has 1 saturated carbocycles. The van der Waals surface area contributed by atoms with Gasteiger partial charge in [-0.3, -0.25) is 0 Å². The number of halogens is 3. The van der Waals surface area contributed by atoms with Crippen LogP contribution in [0.4, 0.5) is 22.1 Å². The van der Waals surface area contributed by atoms with Gasteiger partial charge in [-0.2, -0.15) is 0 Å². The van der Waals surface area contributed by atoms with Gasteiger partial charge < -0.3 is 20.9 Å². The lowest BCUT2D eigenvalue weighted by Crippen LogP contribution is -2.42. The lowest BCUT2D eigenvalue weighted by molar-refractivity contribution is 0.243. The highest BCUT2D eigenvalue weighted by atomic mass is 79.9. The van der Waals surface area contributed by atoms with E-state index >= 15 is 0 Å². The maximum absolute atomic E-state index is 12.5. The molecule has 0 spiro atoms. The Balaban J connectivity index is 1.51. The van der Waals surface area contributed by atoms with Crippen molar-refractivity contribution in [1.82, 2.24) is 15.3 Å². The van der Waals surface area contributed by atoms with Gasteiger partial charge >= 0.3 is 6.03 Å². The number of amides is 2. The molecule has 0 atom stereocenters. The van der Waals surface area contributed by atoms with Crippen molar-refractivity contribution in [2.24, 2.45) is 0 Å². The molecule has 7 nitrogen and oxygen atoms in total. The topological polar surface area (TPSA) is 82.2 Å². The number of carbonyl (C=O) groups is 1. The van der Waals surface area contributed by atoms with Crippen molar-refractivity contribution in [1.29, 1.82) is 0 Å². The van der Waals surface area contributed by atoms with Crippen molar-refractivity contribution >= 4 is 71.1 Å². The van der Waals surface area contributed by atoms with Gasteiger partial charge in [-0.25, -0.2) is 14.8 Å². The molecule has 1 aromatic heterocycles. The van der Waals surface area contributed by atoms with Gasteiger partial charge in [0.2, 0.25) is 0 Å². The van der Waals surface area contributed by atoms with E-state index in [1.54, 1.807) is 0 Å². The first-order valence-electron chi connectivity index (χ1n) is 9.73. The molecule has 3 rings (SSSR count). The summed E-state index contributed by atoms with van der Waals surface area (Å²) in [5.41, 5.74) is 0.710. The first kappa shape index (κ1) is 23.3. The molecule has 0 bridgehead atoms. The number of aromatic nitrogens is 2. The lowest BCUT2D eigenvalue weighted by atomic mass is 9.91. The van der Waals surface area contributed by atoms with Crippen LogP contribution in [0.5, 0.6) is 0 Å². The Morgan fingerprint density at radius 1 is 1.00 bits per heavy atom. The highest BCUT2D eigenvalue weighted by Gasteiger charge is 2.23. The second-order valence-electron chi connectivity index (χ2n) is 7.59. The van der Waals surface area contributed by atoms with Crippen LogP contribution in [0, 0.1) is 6.92 Å². The molecular formula is C20H25Br3N6O. The molecule has 1 aliphatic rings. The van der Waals surface area contributed by atoms with Crippen LogP contribution in [-0.2, 0) is 0 Å². The molecule has 0 unspecified atom stereocenters. The lowest BCUT2D eigenvalue weighted by Gasteiger charge is -2.30. The molecule has 1 heterocycles. The number of nitrogens with one attached hydrogen (secondary N) is 3. The fourth-order valence-electron chi connectivity index (χ4n) is 3.44. The van der Waals surface area contributed by atoms with E-state index in [1.807, 2.05) is 44.1 Å². The van der Waals surface area contributed by atoms with Gasteiger partial charge in [0.05, 0.1) is 5.69 Å². The van der Waals surface area contributed by atoms with Gasteiger partial charge in [0.1, 0.15) is 17.5 Å². The molecule has 0 saturated heterocycles. The number of nitrogens with zero attached hydrogens (tertiary/aromatic N) is 3. The fraction of sp³-hybridized carbons (Fsp3) is 0.450. The second-order valence-corrected chi connectivity index (χ2v) is 10.2. The summed E-state index contributed by atoms with van der Waals surface area (Å²) in [5.74, 6) is 2.49. The molecule has 2 amide bonds. The van der Waals surface area contributed by atoms with E-state index in [1.165, 1.54) is 0 Å². The molecule has 30 heavy (non-hydrogen) atoms. The Morgan fingerprint density at radius 2 is 1.60 bits per heavy atom. The molecule has 10 heteroatoms. The number of carbonyl (C=O) groups excluding carboxylic acids is 1. The zero-order chi connectivity index (χ0) is 21.8. The van der Waals surface area contributed by atoms with E-state index in [0.29, 0.717) is 11.7 Å². The summed E-state index contributed by atoms with van der Waals surface area (Å²) in [6.45, 7) is 1.90. The number of benzene rings is 1. The third kappa shape index (κ3) is 6.31. The first-order valence-corrected chi connectivity index (χ1v) is 12.1. The zero-order valence-corrected chi connectivity index (χ0v) is 21.9. The predicted molar refractivity (Wildman–Crippen MR) is 132 cm³/mol. The van der Waals surface area contributed by atoms with Crippen LogP contribution in [0.3, 0.4) is 0 Å². The van der Waals surface area contributed by atoms with Crippen LogP contribution in [-0.4, -0.2) is 42.2 Å². The van der Waals surface area contributed by atoms with Crippen molar-refractivity contribution < 1.29 is 4.79 Å². The maximum atomic E-state index is 12.5. The van der Waals surface area contributed by atoms with Crippen LogP contribution in [0.15, 0.2) is 31.6 Å². The highest BCUT2D eigenvalue weighted by molar-refractivity contribution is 9.11. The minimum absolute atomic E-state index is 0.153. The number of hydrogen-bond acceptors (Lipinski definition) is 5. The summed E-state index contributed by atoms with van der Waals surface area (Å²) < 4.78 is 2.54. The van der Waals surface area contributed by atoms with E-state index in [4.69, 9.17) is 0 Å². The van der Waals surface area contributed by atoms with Crippen molar-refractivity contribution in [3.05, 3.63) is 37.4 Å². The first-order chi connectivity index (χ1) is 14.2. The number of rotatable bonds is 5. The summed E-state index contributed by atoms with van der Waals surface area (Å²) >= 11 is 10.4. The third-order valence-electron chi connectivity index (χ3n) is 4.94. The van der Waals surface area contributed by atoms with Crippen LogP contribution in [0.25, 0.3) is 0 Å². The van der Waals surface area contributed by atoms with Gasteiger partial charge in [-0.15, -0.1) is 0 Å². The van der Waals surface area contributed by atoms with Crippen LogP contribution in [0.1, 0.15) is 31.5 Å². The normalized spacial score (nSPS) is 18.6. The summed E-state index contributed by atoms with van der Waals surface area (Å²) in [7, 11) is 3.94. The van der Waals surface area contributed by atoms with Gasteiger partial charge in [-0.1, -0.05) is 15.9 Å². The molecule has 162 valence electrons. The van der Waals surface area contributed by atoms with Crippen molar-refractivity contribution in [3.63, 3.8) is 0 Å². The van der Waals surface area contributed by atoms with Crippen molar-refractivity contribution in [3.8, 4) is 0 Å². The van der Waals surface area contributed by atoms with E-state index in [0.717, 1.165) is 56.6 Å². The Hall–Kier alpha value is -1.39. The Bertz CT molecular complexity index is 892. The summed E-state index contributed by atoms with van der Waals surface area (Å²) in [6, 6.07) is 6.06. The molecular weight excluding hydrogens is 580 g/mol. The highest BCUT2D eigenvalue weighted by Crippen LogP contribution is 2.34. The molecule has 3 N–H and O–H groups in total. The second kappa shape index (κ2) is 10.3. The average molecular weight is 605 g/mol. The zero-order valence-electron chi connectivity index (χ0n) is 17.1. The van der Waals surface area contributed by atoms with Crippen LogP contribution < -0.4 is 20.9 Å². The number of aryl methyl sites for hydroxylation is 1. The minimum atomic E-state index is -0.197. The maximum Gasteiger partial charge on any atom is 0.319 e. The third-order valence-corrected chi connectivity index (χ3v) is 6.65. The summed E-state index contributed by atoms with van der Waals surface area (Å²) in [6.07, 6.45) is 3.77. The van der Waals surface area contributed by atoms with Crippen LogP contribution in [0.2, 0.25) is 0 Å². The quantitative estimate of drug-likeness (QED) is 0.409. The van der Waals surface area contributed by atoms with Crippen molar-refractivity contribution in [2.75, 3.05) is 29.6 Å². The minimum Gasteiger partial charge on any atom is -0.367 e. The van der Waals surface area contributed by atoms with E-state index in [-0.39, 0.29) is 12.1 Å². The van der Waals surface area contributed by atoms with Crippen molar-refractivity contribution in [2.45, 2.75) is 44.7 Å². The number of urea groups is 1. The van der Waals surface area contributed by atoms with Gasteiger partial charge in [0.25, 0.3) is 0 Å². The SMILES string of the molecule is Cc1nc(NC2CCC(NC(=O)Nc3c(Br)cc(Br)cc3Br)CC2)cc(N(C)C)n1. The Labute approximate surface area is 202 Å². The number of anilines is 3. The van der Waals surface area contributed by atoms with Gasteiger partial charge in [0.15, 0.2) is 0 Å². The average Bonchev–Trinajstić information content (AvgIpc) is 2.66. The van der Waals surface area contributed by atoms with E-state index in [2.05, 4.69) is 73.7 Å². The van der Waals surface area contributed by atoms with E-state index < -0.39 is 0 Å². The number of hydrogen-bond donors (Lipinski definition) is 3. The van der Waals surface area contributed by atoms with Gasteiger partial charge in [-0.05, 0) is 76.6 Å². The van der Waals surface area contributed by atoms with E-state index in [9.17, 15) is 4.79 Å². The Morgan fingerprint density at radius 3 is 2.20 bits per heavy atom. The van der Waals surface area contributed by atoms with Crippen LogP contribution >= 0.6 is 47.8 Å². The molecule has 0 aliphatic heterocycles. The molecule has 1 aromatic carbocycles. The molecule has 1 aliphatic carbocycles. The summed E-state index contributed by atoms with van der Waals surface area (Å²) in [4.78, 5) is 23.4. The Kier molecular flexibility index (Phi) is 7.98. The largest absolute Gasteiger partial charge is 0.367 e. The fourth-order valence-corrected chi connectivity index (χ4v) is 5.90.